The molecule has 2 aromatic rings. The van der Waals surface area contributed by atoms with Crippen molar-refractivity contribution in [3.8, 4) is 0 Å². The van der Waals surface area contributed by atoms with Crippen molar-refractivity contribution in [2.24, 2.45) is 5.73 Å². The molecule has 2 rings (SSSR count). The lowest BCUT2D eigenvalue weighted by atomic mass is 9.84. The van der Waals surface area contributed by atoms with Gasteiger partial charge in [0.2, 0.25) is 0 Å². The van der Waals surface area contributed by atoms with E-state index in [1.54, 1.807) is 0 Å². The third kappa shape index (κ3) is 3.15. The lowest BCUT2D eigenvalue weighted by Gasteiger charge is -2.25. The van der Waals surface area contributed by atoms with Crippen LogP contribution in [-0.2, 0) is 5.41 Å². The molecule has 0 bridgehead atoms. The molecule has 0 aliphatic rings. The largest absolute Gasteiger partial charge is 0.395 e. The van der Waals surface area contributed by atoms with Gasteiger partial charge in [-0.25, -0.2) is 0 Å². The third-order valence-corrected chi connectivity index (χ3v) is 3.53. The molecule has 104 valence electrons. The molecule has 0 aliphatic heterocycles. The van der Waals surface area contributed by atoms with Crippen LogP contribution in [0.2, 0.25) is 0 Å². The molecule has 0 radical (unpaired) electrons. The predicted molar refractivity (Wildman–Crippen MR) is 79.3 cm³/mol. The van der Waals surface area contributed by atoms with E-state index >= 15 is 0 Å². The summed E-state index contributed by atoms with van der Waals surface area (Å²) >= 11 is 0. The van der Waals surface area contributed by atoms with Crippen molar-refractivity contribution in [1.82, 2.24) is 10.3 Å². The van der Waals surface area contributed by atoms with Crippen LogP contribution in [0.25, 0.3) is 10.9 Å². The molecular formula is C15H23N3O. The minimum atomic E-state index is -0.196. The normalized spacial score (nSPS) is 13.9. The number of aromatic amines is 1. The number of hydrogen-bond acceptors (Lipinski definition) is 3. The van der Waals surface area contributed by atoms with Gasteiger partial charge in [0.25, 0.3) is 0 Å². The summed E-state index contributed by atoms with van der Waals surface area (Å²) in [5.74, 6) is 0. The molecule has 1 unspecified atom stereocenters. The van der Waals surface area contributed by atoms with Crippen LogP contribution in [0.1, 0.15) is 19.4 Å². The average molecular weight is 261 g/mol. The molecule has 0 saturated carbocycles. The Balaban J connectivity index is 2.10. The minimum absolute atomic E-state index is 0.00871. The van der Waals surface area contributed by atoms with Gasteiger partial charge in [-0.05, 0) is 11.6 Å². The highest BCUT2D eigenvalue weighted by atomic mass is 16.3. The van der Waals surface area contributed by atoms with E-state index in [1.807, 2.05) is 6.07 Å². The summed E-state index contributed by atoms with van der Waals surface area (Å²) < 4.78 is 0. The molecule has 0 saturated heterocycles. The number of nitrogens with one attached hydrogen (secondary N) is 2. The molecule has 4 nitrogen and oxygen atoms in total. The molecule has 5 N–H and O–H groups in total. The van der Waals surface area contributed by atoms with Crippen molar-refractivity contribution < 1.29 is 5.11 Å². The number of aliphatic hydroxyl groups is 1. The van der Waals surface area contributed by atoms with Gasteiger partial charge in [0.1, 0.15) is 0 Å². The van der Waals surface area contributed by atoms with Gasteiger partial charge in [-0.15, -0.1) is 0 Å². The van der Waals surface area contributed by atoms with Gasteiger partial charge in [-0.2, -0.15) is 0 Å². The maximum atomic E-state index is 8.92. The fourth-order valence-corrected chi connectivity index (χ4v) is 2.36. The number of nitrogens with two attached hydrogens (primary N) is 1. The van der Waals surface area contributed by atoms with Gasteiger partial charge < -0.3 is 21.1 Å². The van der Waals surface area contributed by atoms with Gasteiger partial charge >= 0.3 is 0 Å². The standard InChI is InChI=1S/C15H23N3O/c1-15(2,10-17-7-11(16)9-19)13-8-18-14-6-4-3-5-12(13)14/h3-6,8,11,17-19H,7,9-10,16H2,1-2H3. The molecule has 19 heavy (non-hydrogen) atoms. The summed E-state index contributed by atoms with van der Waals surface area (Å²) in [6.45, 7) is 5.88. The number of hydrogen-bond donors (Lipinski definition) is 4. The minimum Gasteiger partial charge on any atom is -0.395 e. The Bertz CT molecular complexity index is 533. The summed E-state index contributed by atoms with van der Waals surface area (Å²) in [6.07, 6.45) is 2.08. The van der Waals surface area contributed by atoms with Crippen LogP contribution in [0.15, 0.2) is 30.5 Å². The van der Waals surface area contributed by atoms with Crippen LogP contribution in [0.5, 0.6) is 0 Å². The number of benzene rings is 1. The summed E-state index contributed by atoms with van der Waals surface area (Å²) in [6, 6.07) is 8.13. The first-order chi connectivity index (χ1) is 9.04. The van der Waals surface area contributed by atoms with Crippen LogP contribution in [0, 0.1) is 0 Å². The first-order valence-corrected chi connectivity index (χ1v) is 6.68. The first-order valence-electron chi connectivity index (χ1n) is 6.68. The maximum absolute atomic E-state index is 8.92. The highest BCUT2D eigenvalue weighted by molar-refractivity contribution is 5.84. The molecule has 1 aromatic carbocycles. The summed E-state index contributed by atoms with van der Waals surface area (Å²) in [7, 11) is 0. The van der Waals surface area contributed by atoms with Crippen molar-refractivity contribution in [2.45, 2.75) is 25.3 Å². The summed E-state index contributed by atoms with van der Waals surface area (Å²) in [4.78, 5) is 3.31. The van der Waals surface area contributed by atoms with E-state index in [4.69, 9.17) is 10.8 Å². The molecule has 1 heterocycles. The quantitative estimate of drug-likeness (QED) is 0.634. The summed E-state index contributed by atoms with van der Waals surface area (Å²) in [5.41, 5.74) is 8.17. The fourth-order valence-electron chi connectivity index (χ4n) is 2.36. The van der Waals surface area contributed by atoms with E-state index < -0.39 is 0 Å². The van der Waals surface area contributed by atoms with Gasteiger partial charge in [0.05, 0.1) is 6.61 Å². The second-order valence-electron chi connectivity index (χ2n) is 5.71. The van der Waals surface area contributed by atoms with Gasteiger partial charge in [0.15, 0.2) is 0 Å². The predicted octanol–water partition coefficient (Wildman–Crippen LogP) is 1.35. The zero-order chi connectivity index (χ0) is 13.9. The van der Waals surface area contributed by atoms with Crippen LogP contribution in [0.4, 0.5) is 0 Å². The van der Waals surface area contributed by atoms with Crippen molar-refractivity contribution in [2.75, 3.05) is 19.7 Å². The zero-order valence-corrected chi connectivity index (χ0v) is 11.6. The van der Waals surface area contributed by atoms with E-state index in [0.29, 0.717) is 6.54 Å². The highest BCUT2D eigenvalue weighted by Gasteiger charge is 2.23. The van der Waals surface area contributed by atoms with Crippen LogP contribution in [-0.4, -0.2) is 35.8 Å². The molecule has 0 amide bonds. The Morgan fingerprint density at radius 2 is 2.11 bits per heavy atom. The monoisotopic (exact) mass is 261 g/mol. The number of para-hydroxylation sites is 1. The SMILES string of the molecule is CC(C)(CNCC(N)CO)c1c[nH]c2ccccc12. The van der Waals surface area contributed by atoms with Gasteiger partial charge in [-0.3, -0.25) is 0 Å². The van der Waals surface area contributed by atoms with E-state index in [9.17, 15) is 0 Å². The number of rotatable bonds is 6. The molecule has 1 aromatic heterocycles. The second kappa shape index (κ2) is 5.74. The Labute approximate surface area is 114 Å². The Kier molecular flexibility index (Phi) is 4.24. The van der Waals surface area contributed by atoms with E-state index in [2.05, 4.69) is 48.5 Å². The third-order valence-electron chi connectivity index (χ3n) is 3.53. The van der Waals surface area contributed by atoms with Crippen LogP contribution in [0.3, 0.4) is 0 Å². The maximum Gasteiger partial charge on any atom is 0.0594 e. The van der Waals surface area contributed by atoms with E-state index in [-0.39, 0.29) is 18.1 Å². The number of aliphatic hydroxyl groups excluding tert-OH is 1. The van der Waals surface area contributed by atoms with Crippen LogP contribution >= 0.6 is 0 Å². The number of H-pyrrole nitrogens is 1. The van der Waals surface area contributed by atoms with Crippen LogP contribution < -0.4 is 11.1 Å². The lowest BCUT2D eigenvalue weighted by molar-refractivity contribution is 0.260. The topological polar surface area (TPSA) is 74.1 Å². The number of aromatic nitrogens is 1. The number of fused-ring (bicyclic) bond motifs is 1. The molecule has 0 aliphatic carbocycles. The second-order valence-corrected chi connectivity index (χ2v) is 5.71. The van der Waals surface area contributed by atoms with Gasteiger partial charge in [-0.1, -0.05) is 32.0 Å². The average Bonchev–Trinajstić information content (AvgIpc) is 2.82. The first kappa shape index (κ1) is 14.1. The van der Waals surface area contributed by atoms with Crippen molar-refractivity contribution in [1.29, 1.82) is 0 Å². The van der Waals surface area contributed by atoms with Crippen molar-refractivity contribution in [3.63, 3.8) is 0 Å². The van der Waals surface area contributed by atoms with Crippen molar-refractivity contribution in [3.05, 3.63) is 36.0 Å². The van der Waals surface area contributed by atoms with Crippen molar-refractivity contribution >= 4 is 10.9 Å². The fraction of sp³-hybridized carbons (Fsp3) is 0.467. The van der Waals surface area contributed by atoms with E-state index in [1.165, 1.54) is 10.9 Å². The molecule has 4 heteroatoms. The Hall–Kier alpha value is -1.36. The zero-order valence-electron chi connectivity index (χ0n) is 11.6. The Morgan fingerprint density at radius 3 is 2.84 bits per heavy atom. The molecule has 0 fully saturated rings. The highest BCUT2D eigenvalue weighted by Crippen LogP contribution is 2.29. The Morgan fingerprint density at radius 1 is 1.37 bits per heavy atom. The molecular weight excluding hydrogens is 238 g/mol. The molecule has 1 atom stereocenters. The van der Waals surface area contributed by atoms with E-state index in [0.717, 1.165) is 12.1 Å². The molecule has 0 spiro atoms. The van der Waals surface area contributed by atoms with Gasteiger partial charge in [0, 0.05) is 41.6 Å². The summed E-state index contributed by atoms with van der Waals surface area (Å²) in [5, 5.41) is 13.5. The smallest absolute Gasteiger partial charge is 0.0594 e. The lowest BCUT2D eigenvalue weighted by Crippen LogP contribution is -2.41.